The number of hydrogen-bond acceptors (Lipinski definition) is 1. The van der Waals surface area contributed by atoms with E-state index in [1.807, 2.05) is 26.0 Å². The van der Waals surface area contributed by atoms with Gasteiger partial charge in [-0.15, -0.1) is 12.6 Å². The second kappa shape index (κ2) is 2.85. The summed E-state index contributed by atoms with van der Waals surface area (Å²) < 4.78 is 0. The second-order valence-corrected chi connectivity index (χ2v) is 3.28. The maximum Gasteiger partial charge on any atom is 0.0542 e. The van der Waals surface area contributed by atoms with Crippen LogP contribution in [0, 0.1) is 13.8 Å². The lowest BCUT2D eigenvalue weighted by atomic mass is 10.1. The van der Waals surface area contributed by atoms with Gasteiger partial charge in [-0.2, -0.15) is 0 Å². The molecule has 0 spiro atoms. The molecule has 0 aliphatic heterocycles. The smallest absolute Gasteiger partial charge is 0.0542 e. The third-order valence-corrected chi connectivity index (χ3v) is 2.38. The summed E-state index contributed by atoms with van der Waals surface area (Å²) in [5.41, 5.74) is 2.44. The Morgan fingerprint density at radius 3 is 2.20 bits per heavy atom. The van der Waals surface area contributed by atoms with Gasteiger partial charge in [0.1, 0.15) is 0 Å². The van der Waals surface area contributed by atoms with Crippen LogP contribution in [-0.4, -0.2) is 0 Å². The van der Waals surface area contributed by atoms with E-state index in [-0.39, 0.29) is 0 Å². The summed E-state index contributed by atoms with van der Waals surface area (Å²) in [5, 5.41) is 0.728. The summed E-state index contributed by atoms with van der Waals surface area (Å²) in [6, 6.07) is 3.90. The Morgan fingerprint density at radius 2 is 1.70 bits per heavy atom. The van der Waals surface area contributed by atoms with Gasteiger partial charge in [-0.1, -0.05) is 11.6 Å². The highest BCUT2D eigenvalue weighted by Gasteiger charge is 1.97. The molecule has 1 rings (SSSR count). The fourth-order valence-electron chi connectivity index (χ4n) is 0.766. The molecule has 0 N–H and O–H groups in total. The SMILES string of the molecule is Cc1cc(S)c(Cl)cc1C. The molecule has 0 aliphatic rings. The molecule has 0 atom stereocenters. The third-order valence-electron chi connectivity index (χ3n) is 1.56. The summed E-state index contributed by atoms with van der Waals surface area (Å²) in [5.74, 6) is 0. The van der Waals surface area contributed by atoms with E-state index in [0.717, 1.165) is 9.92 Å². The molecule has 0 amide bonds. The van der Waals surface area contributed by atoms with E-state index in [2.05, 4.69) is 12.6 Å². The molecule has 2 heteroatoms. The van der Waals surface area contributed by atoms with E-state index < -0.39 is 0 Å². The van der Waals surface area contributed by atoms with Crippen LogP contribution in [0.2, 0.25) is 5.02 Å². The maximum absolute atomic E-state index is 5.81. The predicted octanol–water partition coefficient (Wildman–Crippen LogP) is 3.25. The molecule has 0 bridgehead atoms. The van der Waals surface area contributed by atoms with Crippen LogP contribution in [0.4, 0.5) is 0 Å². The van der Waals surface area contributed by atoms with Crippen LogP contribution in [-0.2, 0) is 0 Å². The normalized spacial score (nSPS) is 10.0. The Morgan fingerprint density at radius 1 is 1.20 bits per heavy atom. The van der Waals surface area contributed by atoms with Crippen LogP contribution in [0.5, 0.6) is 0 Å². The van der Waals surface area contributed by atoms with Crippen LogP contribution < -0.4 is 0 Å². The van der Waals surface area contributed by atoms with Crippen molar-refractivity contribution in [2.45, 2.75) is 18.7 Å². The van der Waals surface area contributed by atoms with Crippen molar-refractivity contribution >= 4 is 24.2 Å². The molecule has 0 fully saturated rings. The quantitative estimate of drug-likeness (QED) is 0.571. The van der Waals surface area contributed by atoms with Crippen molar-refractivity contribution in [3.63, 3.8) is 0 Å². The summed E-state index contributed by atoms with van der Waals surface area (Å²) in [6.45, 7) is 4.08. The molecule has 54 valence electrons. The number of benzene rings is 1. The number of halogens is 1. The van der Waals surface area contributed by atoms with Gasteiger partial charge in [0.05, 0.1) is 5.02 Å². The Hall–Kier alpha value is -0.140. The molecule has 0 saturated carbocycles. The molecule has 1 aromatic carbocycles. The molecular weight excluding hydrogens is 164 g/mol. The van der Waals surface area contributed by atoms with Crippen LogP contribution in [0.3, 0.4) is 0 Å². The number of hydrogen-bond donors (Lipinski definition) is 1. The Bertz CT molecular complexity index is 205. The highest BCUT2D eigenvalue weighted by Crippen LogP contribution is 2.23. The van der Waals surface area contributed by atoms with E-state index >= 15 is 0 Å². The molecule has 0 unspecified atom stereocenters. The summed E-state index contributed by atoms with van der Waals surface area (Å²) in [6.07, 6.45) is 0. The van der Waals surface area contributed by atoms with E-state index in [9.17, 15) is 0 Å². The van der Waals surface area contributed by atoms with Crippen LogP contribution in [0.1, 0.15) is 11.1 Å². The topological polar surface area (TPSA) is 0 Å². The number of aryl methyl sites for hydroxylation is 2. The average molecular weight is 173 g/mol. The summed E-state index contributed by atoms with van der Waals surface area (Å²) in [4.78, 5) is 0.852. The minimum absolute atomic E-state index is 0.728. The lowest BCUT2D eigenvalue weighted by Crippen LogP contribution is -1.80. The molecule has 0 saturated heterocycles. The van der Waals surface area contributed by atoms with E-state index in [0.29, 0.717) is 0 Å². The highest BCUT2D eigenvalue weighted by atomic mass is 35.5. The molecule has 10 heavy (non-hydrogen) atoms. The van der Waals surface area contributed by atoms with Gasteiger partial charge in [-0.3, -0.25) is 0 Å². The largest absolute Gasteiger partial charge is 0.142 e. The monoisotopic (exact) mass is 172 g/mol. The fourth-order valence-corrected chi connectivity index (χ4v) is 1.24. The van der Waals surface area contributed by atoms with Gasteiger partial charge in [0, 0.05) is 4.90 Å². The first-order valence-corrected chi connectivity index (χ1v) is 3.89. The molecular formula is C8H9ClS. The van der Waals surface area contributed by atoms with Crippen molar-refractivity contribution in [3.05, 3.63) is 28.3 Å². The highest BCUT2D eigenvalue weighted by molar-refractivity contribution is 7.80. The molecule has 1 aromatic rings. The van der Waals surface area contributed by atoms with Crippen molar-refractivity contribution in [1.29, 1.82) is 0 Å². The molecule has 0 aromatic heterocycles. The summed E-state index contributed by atoms with van der Waals surface area (Å²) in [7, 11) is 0. The zero-order valence-electron chi connectivity index (χ0n) is 5.98. The number of rotatable bonds is 0. The van der Waals surface area contributed by atoms with Gasteiger partial charge in [-0.25, -0.2) is 0 Å². The second-order valence-electron chi connectivity index (χ2n) is 2.39. The zero-order valence-corrected chi connectivity index (χ0v) is 7.63. The molecule has 0 nitrogen and oxygen atoms in total. The maximum atomic E-state index is 5.81. The predicted molar refractivity (Wildman–Crippen MR) is 48.2 cm³/mol. The van der Waals surface area contributed by atoms with Gasteiger partial charge in [0.2, 0.25) is 0 Å². The first kappa shape index (κ1) is 7.96. The standard InChI is InChI=1S/C8H9ClS/c1-5-3-7(9)8(10)4-6(5)2/h3-4,10H,1-2H3. The van der Waals surface area contributed by atoms with E-state index in [1.54, 1.807) is 0 Å². The van der Waals surface area contributed by atoms with Gasteiger partial charge in [0.25, 0.3) is 0 Å². The van der Waals surface area contributed by atoms with Crippen molar-refractivity contribution in [2.75, 3.05) is 0 Å². The average Bonchev–Trinajstić information content (AvgIpc) is 1.84. The van der Waals surface area contributed by atoms with Crippen LogP contribution in [0.15, 0.2) is 17.0 Å². The van der Waals surface area contributed by atoms with Gasteiger partial charge >= 0.3 is 0 Å². The summed E-state index contributed by atoms with van der Waals surface area (Å²) >= 11 is 9.99. The lowest BCUT2D eigenvalue weighted by Gasteiger charge is -2.01. The minimum atomic E-state index is 0.728. The van der Waals surface area contributed by atoms with Crippen molar-refractivity contribution in [1.82, 2.24) is 0 Å². The first-order valence-electron chi connectivity index (χ1n) is 3.07. The third kappa shape index (κ3) is 1.47. The first-order chi connectivity index (χ1) is 4.61. The van der Waals surface area contributed by atoms with Crippen LogP contribution >= 0.6 is 24.2 Å². The Labute approximate surface area is 71.6 Å². The molecule has 0 heterocycles. The van der Waals surface area contributed by atoms with Crippen molar-refractivity contribution in [2.24, 2.45) is 0 Å². The van der Waals surface area contributed by atoms with Gasteiger partial charge in [0.15, 0.2) is 0 Å². The fraction of sp³-hybridized carbons (Fsp3) is 0.250. The molecule has 0 radical (unpaired) electrons. The van der Waals surface area contributed by atoms with Crippen molar-refractivity contribution < 1.29 is 0 Å². The molecule has 0 aliphatic carbocycles. The number of thiol groups is 1. The minimum Gasteiger partial charge on any atom is -0.142 e. The lowest BCUT2D eigenvalue weighted by molar-refractivity contribution is 1.28. The van der Waals surface area contributed by atoms with E-state index in [4.69, 9.17) is 11.6 Å². The zero-order chi connectivity index (χ0) is 7.72. The Balaban J connectivity index is 3.28. The van der Waals surface area contributed by atoms with Crippen molar-refractivity contribution in [3.8, 4) is 0 Å². The Kier molecular flexibility index (Phi) is 2.27. The van der Waals surface area contributed by atoms with Crippen LogP contribution in [0.25, 0.3) is 0 Å². The van der Waals surface area contributed by atoms with E-state index in [1.165, 1.54) is 11.1 Å². The van der Waals surface area contributed by atoms with Gasteiger partial charge in [-0.05, 0) is 37.1 Å². The van der Waals surface area contributed by atoms with Gasteiger partial charge < -0.3 is 0 Å².